The molecule has 1 aromatic heterocycles. The highest BCUT2D eigenvalue weighted by Gasteiger charge is 2.18. The normalized spacial score (nSPS) is 12.2. The van der Waals surface area contributed by atoms with E-state index in [4.69, 9.17) is 9.47 Å². The summed E-state index contributed by atoms with van der Waals surface area (Å²) in [5, 5.41) is 14.0. The fourth-order valence-corrected chi connectivity index (χ4v) is 4.32. The number of aliphatic hydroxyl groups is 1. The number of hydrogen-bond donors (Lipinski definition) is 1. The first-order chi connectivity index (χ1) is 16.2. The van der Waals surface area contributed by atoms with Crippen LogP contribution in [0, 0.1) is 0 Å². The molecule has 0 saturated carbocycles. The summed E-state index contributed by atoms with van der Waals surface area (Å²) in [7, 11) is 0. The predicted molar refractivity (Wildman–Crippen MR) is 125 cm³/mol. The molecule has 2 heterocycles. The number of nitrogens with zero attached hydrogens (tertiary/aromatic N) is 3. The molecule has 1 N–H and O–H groups in total. The molecule has 33 heavy (non-hydrogen) atoms. The summed E-state index contributed by atoms with van der Waals surface area (Å²) >= 11 is 1.55. The van der Waals surface area contributed by atoms with E-state index in [0.717, 1.165) is 21.7 Å². The minimum atomic E-state index is -0.268. The SMILES string of the molecule is O=C(CSc1ccccc1)Cc1ccc(-n2nc(CO)nc2-c2ccc3c(c2)OCO3)cc1. The van der Waals surface area contributed by atoms with Crippen LogP contribution in [0.5, 0.6) is 11.5 Å². The predicted octanol–water partition coefficient (Wildman–Crippen LogP) is 4.06. The summed E-state index contributed by atoms with van der Waals surface area (Å²) < 4.78 is 12.5. The maximum absolute atomic E-state index is 12.4. The smallest absolute Gasteiger partial charge is 0.231 e. The standard InChI is InChI=1S/C25H21N3O4S/c29-14-24-26-25(18-8-11-22-23(13-18)32-16-31-22)28(27-24)19-9-6-17(7-10-19)12-20(30)15-33-21-4-2-1-3-5-21/h1-11,13,29H,12,14-16H2. The van der Waals surface area contributed by atoms with Crippen LogP contribution >= 0.6 is 11.8 Å². The van der Waals surface area contributed by atoms with Crippen LogP contribution < -0.4 is 9.47 Å². The second-order valence-electron chi connectivity index (χ2n) is 7.47. The third-order valence-corrected chi connectivity index (χ3v) is 6.22. The summed E-state index contributed by atoms with van der Waals surface area (Å²) in [6.45, 7) is -0.0758. The summed E-state index contributed by atoms with van der Waals surface area (Å²) in [6, 6.07) is 23.1. The molecular formula is C25H21N3O4S. The Kier molecular flexibility index (Phi) is 6.10. The molecule has 0 spiro atoms. The van der Waals surface area contributed by atoms with Gasteiger partial charge >= 0.3 is 0 Å². The Morgan fingerprint density at radius 1 is 1.00 bits per heavy atom. The second-order valence-corrected chi connectivity index (χ2v) is 8.52. The molecule has 5 rings (SSSR count). The summed E-state index contributed by atoms with van der Waals surface area (Å²) in [4.78, 5) is 18.0. The van der Waals surface area contributed by atoms with E-state index in [1.54, 1.807) is 16.4 Å². The minimum Gasteiger partial charge on any atom is -0.454 e. The van der Waals surface area contributed by atoms with Gasteiger partial charge in [0.15, 0.2) is 23.1 Å². The third kappa shape index (κ3) is 4.76. The average Bonchev–Trinajstić information content (AvgIpc) is 3.50. The summed E-state index contributed by atoms with van der Waals surface area (Å²) in [5.74, 6) is 2.84. The van der Waals surface area contributed by atoms with Gasteiger partial charge in [-0.2, -0.15) is 0 Å². The molecule has 0 unspecified atom stereocenters. The van der Waals surface area contributed by atoms with Crippen LogP contribution in [0.15, 0.2) is 77.7 Å². The Hall–Kier alpha value is -3.62. The molecular weight excluding hydrogens is 438 g/mol. The van der Waals surface area contributed by atoms with Gasteiger partial charge in [-0.1, -0.05) is 30.3 Å². The molecule has 3 aromatic carbocycles. The number of thioether (sulfide) groups is 1. The Balaban J connectivity index is 1.33. The highest BCUT2D eigenvalue weighted by molar-refractivity contribution is 8.00. The van der Waals surface area contributed by atoms with Crippen molar-refractivity contribution in [2.45, 2.75) is 17.9 Å². The van der Waals surface area contributed by atoms with E-state index in [-0.39, 0.29) is 19.2 Å². The number of fused-ring (bicyclic) bond motifs is 1. The van der Waals surface area contributed by atoms with E-state index < -0.39 is 0 Å². The molecule has 1 aliphatic heterocycles. The van der Waals surface area contributed by atoms with Crippen molar-refractivity contribution < 1.29 is 19.4 Å². The van der Waals surface area contributed by atoms with Gasteiger partial charge in [-0.05, 0) is 48.0 Å². The van der Waals surface area contributed by atoms with E-state index in [2.05, 4.69) is 10.1 Å². The third-order valence-electron chi connectivity index (χ3n) is 5.15. The zero-order valence-electron chi connectivity index (χ0n) is 17.7. The monoisotopic (exact) mass is 459 g/mol. The number of carbonyl (C=O) groups is 1. The van der Waals surface area contributed by atoms with Crippen LogP contribution in [0.1, 0.15) is 11.4 Å². The molecule has 1 aliphatic rings. The van der Waals surface area contributed by atoms with Gasteiger partial charge in [-0.3, -0.25) is 4.79 Å². The molecule has 0 aliphatic carbocycles. The Bertz CT molecular complexity index is 1270. The van der Waals surface area contributed by atoms with Gasteiger partial charge < -0.3 is 14.6 Å². The van der Waals surface area contributed by atoms with Gasteiger partial charge in [0.25, 0.3) is 0 Å². The maximum atomic E-state index is 12.4. The number of Topliss-reactive ketones (excluding diaryl/α,β-unsaturated/α-hetero) is 1. The van der Waals surface area contributed by atoms with Crippen molar-refractivity contribution in [1.29, 1.82) is 0 Å². The maximum Gasteiger partial charge on any atom is 0.231 e. The van der Waals surface area contributed by atoms with Crippen LogP contribution in [-0.2, 0) is 17.8 Å². The van der Waals surface area contributed by atoms with Crippen molar-refractivity contribution >= 4 is 17.5 Å². The molecule has 0 atom stereocenters. The summed E-state index contributed by atoms with van der Waals surface area (Å²) in [5.41, 5.74) is 2.51. The number of carbonyl (C=O) groups excluding carboxylic acids is 1. The van der Waals surface area contributed by atoms with E-state index >= 15 is 0 Å². The molecule has 0 amide bonds. The van der Waals surface area contributed by atoms with E-state index in [1.807, 2.05) is 72.8 Å². The van der Waals surface area contributed by atoms with Crippen molar-refractivity contribution in [3.8, 4) is 28.6 Å². The van der Waals surface area contributed by atoms with Crippen LogP contribution in [0.3, 0.4) is 0 Å². The lowest BCUT2D eigenvalue weighted by molar-refractivity contribution is -0.116. The van der Waals surface area contributed by atoms with E-state index in [1.165, 1.54) is 0 Å². The van der Waals surface area contributed by atoms with Crippen molar-refractivity contribution in [2.24, 2.45) is 0 Å². The minimum absolute atomic E-state index is 0.168. The zero-order chi connectivity index (χ0) is 22.6. The first-order valence-electron chi connectivity index (χ1n) is 10.5. The number of aliphatic hydroxyl groups excluding tert-OH is 1. The Morgan fingerprint density at radius 2 is 1.79 bits per heavy atom. The zero-order valence-corrected chi connectivity index (χ0v) is 18.5. The molecule has 8 heteroatoms. The molecule has 0 fully saturated rings. The van der Waals surface area contributed by atoms with Gasteiger partial charge in [0, 0.05) is 16.9 Å². The quantitative estimate of drug-likeness (QED) is 0.398. The van der Waals surface area contributed by atoms with E-state index in [0.29, 0.717) is 35.3 Å². The highest BCUT2D eigenvalue weighted by Crippen LogP contribution is 2.36. The summed E-state index contributed by atoms with van der Waals surface area (Å²) in [6.07, 6.45) is 0.369. The van der Waals surface area contributed by atoms with Gasteiger partial charge in [0.1, 0.15) is 12.4 Å². The second kappa shape index (κ2) is 9.48. The van der Waals surface area contributed by atoms with Crippen LogP contribution in [0.25, 0.3) is 17.1 Å². The number of aromatic nitrogens is 3. The molecule has 0 bridgehead atoms. The Morgan fingerprint density at radius 3 is 2.58 bits per heavy atom. The number of rotatable bonds is 8. The topological polar surface area (TPSA) is 86.5 Å². The largest absolute Gasteiger partial charge is 0.454 e. The number of ketones is 1. The van der Waals surface area contributed by atoms with Gasteiger partial charge in [0.2, 0.25) is 6.79 Å². The fourth-order valence-electron chi connectivity index (χ4n) is 3.54. The first kappa shape index (κ1) is 21.2. The highest BCUT2D eigenvalue weighted by atomic mass is 32.2. The number of benzene rings is 3. The lowest BCUT2D eigenvalue weighted by Crippen LogP contribution is -2.06. The Labute approximate surface area is 195 Å². The molecule has 7 nitrogen and oxygen atoms in total. The lowest BCUT2D eigenvalue weighted by Gasteiger charge is -2.08. The van der Waals surface area contributed by atoms with Gasteiger partial charge in [-0.15, -0.1) is 16.9 Å². The van der Waals surface area contributed by atoms with E-state index in [9.17, 15) is 9.90 Å². The fraction of sp³-hybridized carbons (Fsp3) is 0.160. The lowest BCUT2D eigenvalue weighted by atomic mass is 10.1. The number of ether oxygens (including phenoxy) is 2. The van der Waals surface area contributed by atoms with Gasteiger partial charge in [-0.25, -0.2) is 9.67 Å². The van der Waals surface area contributed by atoms with Crippen LogP contribution in [0.2, 0.25) is 0 Å². The van der Waals surface area contributed by atoms with Crippen molar-refractivity contribution in [2.75, 3.05) is 12.5 Å². The van der Waals surface area contributed by atoms with Crippen molar-refractivity contribution in [3.63, 3.8) is 0 Å². The molecule has 0 saturated heterocycles. The van der Waals surface area contributed by atoms with Gasteiger partial charge in [0.05, 0.1) is 11.4 Å². The van der Waals surface area contributed by atoms with Crippen LogP contribution in [0.4, 0.5) is 0 Å². The average molecular weight is 460 g/mol. The number of hydrogen-bond acceptors (Lipinski definition) is 7. The van der Waals surface area contributed by atoms with Crippen LogP contribution in [-0.4, -0.2) is 38.2 Å². The van der Waals surface area contributed by atoms with Crippen molar-refractivity contribution in [1.82, 2.24) is 14.8 Å². The molecule has 0 radical (unpaired) electrons. The first-order valence-corrected chi connectivity index (χ1v) is 11.4. The molecule has 166 valence electrons. The molecule has 4 aromatic rings. The van der Waals surface area contributed by atoms with Crippen molar-refractivity contribution in [3.05, 3.63) is 84.2 Å².